The molecular weight excluding hydrogens is 344 g/mol. The molecule has 0 radical (unpaired) electrons. The standard InChI is InChI=1S/C21H20N2O4/c1-14-5-7-17(18(24)10-14)21(25)23-16-6-8-19(26-2)20(11-16)27-13-15-4-3-9-22-12-15/h3-12,24H,13H2,1-2H3,(H,23,25). The number of aryl methyl sites for hydroxylation is 1. The fourth-order valence-electron chi connectivity index (χ4n) is 2.54. The monoisotopic (exact) mass is 364 g/mol. The van der Waals surface area contributed by atoms with Gasteiger partial charge in [-0.05, 0) is 42.8 Å². The van der Waals surface area contributed by atoms with Gasteiger partial charge in [0.05, 0.1) is 12.7 Å². The highest BCUT2D eigenvalue weighted by atomic mass is 16.5. The van der Waals surface area contributed by atoms with Gasteiger partial charge < -0.3 is 19.9 Å². The van der Waals surface area contributed by atoms with Crippen LogP contribution in [-0.2, 0) is 6.61 Å². The average Bonchev–Trinajstić information content (AvgIpc) is 2.67. The van der Waals surface area contributed by atoms with Crippen LogP contribution in [0.1, 0.15) is 21.5 Å². The van der Waals surface area contributed by atoms with Gasteiger partial charge in [0.15, 0.2) is 11.5 Å². The van der Waals surface area contributed by atoms with Crippen molar-refractivity contribution in [3.63, 3.8) is 0 Å². The average molecular weight is 364 g/mol. The number of rotatable bonds is 6. The molecule has 2 aromatic carbocycles. The van der Waals surface area contributed by atoms with Crippen LogP contribution < -0.4 is 14.8 Å². The predicted octanol–water partition coefficient (Wildman–Crippen LogP) is 3.94. The number of hydrogen-bond donors (Lipinski definition) is 2. The quantitative estimate of drug-likeness (QED) is 0.692. The number of amides is 1. The first-order valence-corrected chi connectivity index (χ1v) is 8.37. The Kier molecular flexibility index (Phi) is 5.56. The second-order valence-electron chi connectivity index (χ2n) is 5.99. The molecule has 0 aliphatic rings. The predicted molar refractivity (Wildman–Crippen MR) is 102 cm³/mol. The lowest BCUT2D eigenvalue weighted by Crippen LogP contribution is -2.12. The second-order valence-corrected chi connectivity index (χ2v) is 5.99. The molecular formula is C21H20N2O4. The molecule has 6 heteroatoms. The number of carbonyl (C=O) groups excluding carboxylic acids is 1. The zero-order chi connectivity index (χ0) is 19.2. The molecule has 0 saturated carbocycles. The number of phenolic OH excluding ortho intramolecular Hbond substituents is 1. The summed E-state index contributed by atoms with van der Waals surface area (Å²) in [6.07, 6.45) is 3.42. The van der Waals surface area contributed by atoms with Crippen molar-refractivity contribution in [3.05, 3.63) is 77.6 Å². The Bertz CT molecular complexity index is 942. The van der Waals surface area contributed by atoms with Crippen molar-refractivity contribution in [2.75, 3.05) is 12.4 Å². The summed E-state index contributed by atoms with van der Waals surface area (Å²) in [6, 6.07) is 13.7. The summed E-state index contributed by atoms with van der Waals surface area (Å²) in [5.74, 6) is 0.576. The van der Waals surface area contributed by atoms with Crippen LogP contribution in [0.4, 0.5) is 5.69 Å². The molecule has 6 nitrogen and oxygen atoms in total. The molecule has 3 aromatic rings. The molecule has 0 spiro atoms. The van der Waals surface area contributed by atoms with Gasteiger partial charge in [-0.2, -0.15) is 0 Å². The van der Waals surface area contributed by atoms with Crippen LogP contribution in [0, 0.1) is 6.92 Å². The van der Waals surface area contributed by atoms with Gasteiger partial charge in [0.2, 0.25) is 0 Å². The van der Waals surface area contributed by atoms with Gasteiger partial charge in [0, 0.05) is 29.7 Å². The van der Waals surface area contributed by atoms with Crippen molar-refractivity contribution in [1.29, 1.82) is 0 Å². The minimum Gasteiger partial charge on any atom is -0.507 e. The van der Waals surface area contributed by atoms with Crippen LogP contribution >= 0.6 is 0 Å². The molecule has 0 bridgehead atoms. The Morgan fingerprint density at radius 2 is 2.00 bits per heavy atom. The Balaban J connectivity index is 1.77. The SMILES string of the molecule is COc1ccc(NC(=O)c2ccc(C)cc2O)cc1OCc1cccnc1. The summed E-state index contributed by atoms with van der Waals surface area (Å²) < 4.78 is 11.1. The number of nitrogens with zero attached hydrogens (tertiary/aromatic N) is 1. The summed E-state index contributed by atoms with van der Waals surface area (Å²) in [5, 5.41) is 12.7. The molecule has 0 atom stereocenters. The van der Waals surface area contributed by atoms with Crippen molar-refractivity contribution < 1.29 is 19.4 Å². The topological polar surface area (TPSA) is 80.7 Å². The summed E-state index contributed by atoms with van der Waals surface area (Å²) in [5.41, 5.74) is 2.52. The summed E-state index contributed by atoms with van der Waals surface area (Å²) in [4.78, 5) is 16.5. The Hall–Kier alpha value is -3.54. The van der Waals surface area contributed by atoms with Crippen LogP contribution in [0.2, 0.25) is 0 Å². The summed E-state index contributed by atoms with van der Waals surface area (Å²) in [6.45, 7) is 2.16. The molecule has 0 unspecified atom stereocenters. The van der Waals surface area contributed by atoms with Gasteiger partial charge in [0.25, 0.3) is 5.91 Å². The third-order valence-electron chi connectivity index (χ3n) is 3.94. The van der Waals surface area contributed by atoms with E-state index < -0.39 is 5.91 Å². The van der Waals surface area contributed by atoms with Crippen molar-refractivity contribution in [3.8, 4) is 17.2 Å². The maximum Gasteiger partial charge on any atom is 0.259 e. The van der Waals surface area contributed by atoms with Gasteiger partial charge in [-0.25, -0.2) is 0 Å². The first-order valence-electron chi connectivity index (χ1n) is 8.37. The van der Waals surface area contributed by atoms with E-state index in [1.807, 2.05) is 19.1 Å². The smallest absolute Gasteiger partial charge is 0.259 e. The Morgan fingerprint density at radius 3 is 2.70 bits per heavy atom. The highest BCUT2D eigenvalue weighted by molar-refractivity contribution is 6.06. The fraction of sp³-hybridized carbons (Fsp3) is 0.143. The summed E-state index contributed by atoms with van der Waals surface area (Å²) >= 11 is 0. The third kappa shape index (κ3) is 4.55. The van der Waals surface area contributed by atoms with E-state index in [9.17, 15) is 9.90 Å². The number of methoxy groups -OCH3 is 1. The molecule has 0 saturated heterocycles. The number of aromatic hydroxyl groups is 1. The lowest BCUT2D eigenvalue weighted by Gasteiger charge is -2.13. The molecule has 2 N–H and O–H groups in total. The molecule has 3 rings (SSSR count). The number of benzene rings is 2. The van der Waals surface area contributed by atoms with Gasteiger partial charge in [-0.1, -0.05) is 12.1 Å². The minimum absolute atomic E-state index is 0.0611. The number of nitrogens with one attached hydrogen (secondary N) is 1. The third-order valence-corrected chi connectivity index (χ3v) is 3.94. The number of anilines is 1. The van der Waals surface area contributed by atoms with Crippen LogP contribution in [-0.4, -0.2) is 23.1 Å². The number of ether oxygens (including phenoxy) is 2. The van der Waals surface area contributed by atoms with Crippen molar-refractivity contribution in [1.82, 2.24) is 4.98 Å². The lowest BCUT2D eigenvalue weighted by molar-refractivity contribution is 0.102. The van der Waals surface area contributed by atoms with Gasteiger partial charge in [0.1, 0.15) is 12.4 Å². The molecule has 1 heterocycles. The van der Waals surface area contributed by atoms with E-state index in [0.717, 1.165) is 11.1 Å². The molecule has 0 aliphatic heterocycles. The van der Waals surface area contributed by atoms with Gasteiger partial charge >= 0.3 is 0 Å². The zero-order valence-corrected chi connectivity index (χ0v) is 15.1. The molecule has 27 heavy (non-hydrogen) atoms. The highest BCUT2D eigenvalue weighted by Gasteiger charge is 2.13. The van der Waals surface area contributed by atoms with Gasteiger partial charge in [-0.3, -0.25) is 9.78 Å². The Labute approximate surface area is 157 Å². The van der Waals surface area contributed by atoms with E-state index in [0.29, 0.717) is 23.8 Å². The van der Waals surface area contributed by atoms with Gasteiger partial charge in [-0.15, -0.1) is 0 Å². The van der Waals surface area contributed by atoms with E-state index >= 15 is 0 Å². The minimum atomic E-state index is -0.407. The molecule has 138 valence electrons. The molecule has 0 fully saturated rings. The zero-order valence-electron chi connectivity index (χ0n) is 15.1. The van der Waals surface area contributed by atoms with E-state index in [-0.39, 0.29) is 11.3 Å². The first kappa shape index (κ1) is 18.3. The van der Waals surface area contributed by atoms with E-state index in [1.165, 1.54) is 0 Å². The Morgan fingerprint density at radius 1 is 1.15 bits per heavy atom. The van der Waals surface area contributed by atoms with E-state index in [4.69, 9.17) is 9.47 Å². The largest absolute Gasteiger partial charge is 0.507 e. The number of phenols is 1. The van der Waals surface area contributed by atoms with Crippen molar-refractivity contribution in [2.45, 2.75) is 13.5 Å². The maximum atomic E-state index is 12.4. The molecule has 0 aliphatic carbocycles. The number of hydrogen-bond acceptors (Lipinski definition) is 5. The number of pyridine rings is 1. The normalized spacial score (nSPS) is 10.3. The lowest BCUT2D eigenvalue weighted by atomic mass is 10.1. The van der Waals surface area contributed by atoms with Crippen LogP contribution in [0.25, 0.3) is 0 Å². The molecule has 1 amide bonds. The van der Waals surface area contributed by atoms with Crippen molar-refractivity contribution >= 4 is 11.6 Å². The highest BCUT2D eigenvalue weighted by Crippen LogP contribution is 2.31. The van der Waals surface area contributed by atoms with Crippen LogP contribution in [0.3, 0.4) is 0 Å². The number of carbonyl (C=O) groups is 1. The fourth-order valence-corrected chi connectivity index (χ4v) is 2.54. The summed E-state index contributed by atoms with van der Waals surface area (Å²) in [7, 11) is 1.55. The van der Waals surface area contributed by atoms with Crippen molar-refractivity contribution in [2.24, 2.45) is 0 Å². The molecule has 1 aromatic heterocycles. The van der Waals surface area contributed by atoms with E-state index in [2.05, 4.69) is 10.3 Å². The number of aromatic nitrogens is 1. The van der Waals surface area contributed by atoms with Crippen LogP contribution in [0.15, 0.2) is 60.9 Å². The van der Waals surface area contributed by atoms with E-state index in [1.54, 1.807) is 55.9 Å². The maximum absolute atomic E-state index is 12.4. The first-order chi connectivity index (χ1) is 13.1. The second kappa shape index (κ2) is 8.23. The van der Waals surface area contributed by atoms with Crippen LogP contribution in [0.5, 0.6) is 17.2 Å².